The van der Waals surface area contributed by atoms with Gasteiger partial charge in [-0.15, -0.1) is 10.2 Å². The molecule has 0 aliphatic carbocycles. The van der Waals surface area contributed by atoms with E-state index in [0.29, 0.717) is 11.0 Å². The molecule has 166 valence electrons. The van der Waals surface area contributed by atoms with Gasteiger partial charge in [0.15, 0.2) is 11.0 Å². The quantitative estimate of drug-likeness (QED) is 0.238. The third-order valence-electron chi connectivity index (χ3n) is 4.87. The second-order valence-corrected chi connectivity index (χ2v) is 8.04. The fourth-order valence-electron chi connectivity index (χ4n) is 3.15. The van der Waals surface area contributed by atoms with Crippen molar-refractivity contribution < 1.29 is 9.53 Å². The van der Waals surface area contributed by atoms with E-state index in [0.717, 1.165) is 28.3 Å². The van der Waals surface area contributed by atoms with Crippen LogP contribution in [0.3, 0.4) is 0 Å². The third kappa shape index (κ3) is 5.48. The summed E-state index contributed by atoms with van der Waals surface area (Å²) in [5.74, 6) is 1.38. The number of thioether (sulfide) groups is 1. The van der Waals surface area contributed by atoms with E-state index in [1.165, 1.54) is 11.8 Å². The lowest BCUT2D eigenvalue weighted by Gasteiger charge is -2.11. The molecule has 4 rings (SSSR count). The Morgan fingerprint density at radius 3 is 2.30 bits per heavy atom. The zero-order valence-electron chi connectivity index (χ0n) is 18.3. The largest absolute Gasteiger partial charge is 0.497 e. The smallest absolute Gasteiger partial charge is 0.250 e. The zero-order chi connectivity index (χ0) is 23.0. The van der Waals surface area contributed by atoms with Crippen LogP contribution < -0.4 is 10.2 Å². The average Bonchev–Trinajstić information content (AvgIpc) is 3.31. The van der Waals surface area contributed by atoms with E-state index < -0.39 is 0 Å². The lowest BCUT2D eigenvalue weighted by molar-refractivity contribution is -0.118. The van der Waals surface area contributed by atoms with Crippen LogP contribution in [0.5, 0.6) is 5.75 Å². The summed E-state index contributed by atoms with van der Waals surface area (Å²) >= 11 is 1.30. The normalized spacial score (nSPS) is 11.3. The van der Waals surface area contributed by atoms with Crippen molar-refractivity contribution in [3.05, 3.63) is 90.5 Å². The van der Waals surface area contributed by atoms with Gasteiger partial charge in [0.25, 0.3) is 5.91 Å². The van der Waals surface area contributed by atoms with Crippen LogP contribution in [0.2, 0.25) is 0 Å². The van der Waals surface area contributed by atoms with Gasteiger partial charge in [0.2, 0.25) is 0 Å². The van der Waals surface area contributed by atoms with Crippen molar-refractivity contribution >= 4 is 23.4 Å². The molecule has 0 radical (unpaired) electrons. The minimum absolute atomic E-state index is 0.147. The SMILES string of the molecule is COc1ccc(-n2c(SCC(=O)NN=C(C)c3ccccc3)nnc2-c2ccccc2)cc1. The zero-order valence-corrected chi connectivity index (χ0v) is 19.1. The van der Waals surface area contributed by atoms with Gasteiger partial charge in [-0.25, -0.2) is 5.43 Å². The van der Waals surface area contributed by atoms with Gasteiger partial charge in [0.1, 0.15) is 5.75 Å². The highest BCUT2D eigenvalue weighted by Gasteiger charge is 2.17. The number of amides is 1. The fraction of sp³-hybridized carbons (Fsp3) is 0.120. The number of nitrogens with one attached hydrogen (secondary N) is 1. The standard InChI is InChI=1S/C25H23N5O2S/c1-18(19-9-5-3-6-10-19)26-27-23(31)17-33-25-29-28-24(20-11-7-4-8-12-20)30(25)21-13-15-22(32-2)16-14-21/h3-16H,17H2,1-2H3,(H,27,31). The van der Waals surface area contributed by atoms with Gasteiger partial charge >= 0.3 is 0 Å². The first-order chi connectivity index (χ1) is 16.2. The van der Waals surface area contributed by atoms with E-state index in [2.05, 4.69) is 20.7 Å². The van der Waals surface area contributed by atoms with Gasteiger partial charge in [-0.05, 0) is 36.8 Å². The van der Waals surface area contributed by atoms with E-state index in [1.54, 1.807) is 7.11 Å². The Bertz CT molecular complexity index is 1240. The summed E-state index contributed by atoms with van der Waals surface area (Å²) in [5, 5.41) is 13.6. The molecule has 0 aliphatic rings. The van der Waals surface area contributed by atoms with Crippen molar-refractivity contribution in [2.45, 2.75) is 12.1 Å². The van der Waals surface area contributed by atoms with Crippen LogP contribution in [0.1, 0.15) is 12.5 Å². The molecule has 0 bridgehead atoms. The first kappa shape index (κ1) is 22.3. The van der Waals surface area contributed by atoms with Crippen LogP contribution in [0.25, 0.3) is 17.1 Å². The number of hydrazone groups is 1. The summed E-state index contributed by atoms with van der Waals surface area (Å²) in [6, 6.07) is 27.2. The molecule has 0 saturated carbocycles. The Labute approximate surface area is 196 Å². The molecule has 4 aromatic rings. The van der Waals surface area contributed by atoms with E-state index in [9.17, 15) is 4.79 Å². The van der Waals surface area contributed by atoms with Crippen LogP contribution in [-0.4, -0.2) is 39.2 Å². The monoisotopic (exact) mass is 457 g/mol. The van der Waals surface area contributed by atoms with Crippen LogP contribution in [-0.2, 0) is 4.79 Å². The maximum Gasteiger partial charge on any atom is 0.250 e. The molecule has 33 heavy (non-hydrogen) atoms. The minimum atomic E-state index is -0.221. The Morgan fingerprint density at radius 2 is 1.64 bits per heavy atom. The van der Waals surface area contributed by atoms with Crippen molar-refractivity contribution in [1.29, 1.82) is 0 Å². The summed E-state index contributed by atoms with van der Waals surface area (Å²) in [6.45, 7) is 1.86. The Kier molecular flexibility index (Phi) is 7.16. The van der Waals surface area contributed by atoms with Crippen LogP contribution >= 0.6 is 11.8 Å². The second kappa shape index (κ2) is 10.6. The summed E-state index contributed by atoms with van der Waals surface area (Å²) in [7, 11) is 1.63. The summed E-state index contributed by atoms with van der Waals surface area (Å²) in [6.07, 6.45) is 0. The maximum absolute atomic E-state index is 12.4. The van der Waals surface area contributed by atoms with Gasteiger partial charge in [0.05, 0.1) is 18.6 Å². The molecule has 8 heteroatoms. The molecule has 0 saturated heterocycles. The summed E-state index contributed by atoms with van der Waals surface area (Å²) in [4.78, 5) is 12.4. The average molecular weight is 458 g/mol. The van der Waals surface area contributed by atoms with Gasteiger partial charge in [-0.2, -0.15) is 5.10 Å². The predicted octanol–water partition coefficient (Wildman–Crippen LogP) is 4.58. The molecule has 0 spiro atoms. The van der Waals surface area contributed by atoms with Crippen LogP contribution in [0.4, 0.5) is 0 Å². The summed E-state index contributed by atoms with van der Waals surface area (Å²) < 4.78 is 7.21. The number of carbonyl (C=O) groups excluding carboxylic acids is 1. The Hall–Kier alpha value is -3.91. The molecule has 1 amide bonds. The highest BCUT2D eigenvalue weighted by atomic mass is 32.2. The topological polar surface area (TPSA) is 81.4 Å². The molecule has 0 aliphatic heterocycles. The number of nitrogens with zero attached hydrogens (tertiary/aromatic N) is 4. The molecule has 0 atom stereocenters. The molecule has 0 fully saturated rings. The number of hydrogen-bond donors (Lipinski definition) is 1. The van der Waals surface area contributed by atoms with E-state index in [4.69, 9.17) is 4.74 Å². The first-order valence-corrected chi connectivity index (χ1v) is 11.3. The molecule has 3 aromatic carbocycles. The molecular weight excluding hydrogens is 434 g/mol. The number of aromatic nitrogens is 3. The molecule has 7 nitrogen and oxygen atoms in total. The van der Waals surface area contributed by atoms with Crippen LogP contribution in [0, 0.1) is 0 Å². The highest BCUT2D eigenvalue weighted by Crippen LogP contribution is 2.28. The molecule has 0 unspecified atom stereocenters. The van der Waals surface area contributed by atoms with Gasteiger partial charge in [-0.1, -0.05) is 72.4 Å². The lowest BCUT2D eigenvalue weighted by atomic mass is 10.1. The molecule has 1 N–H and O–H groups in total. The van der Waals surface area contributed by atoms with E-state index >= 15 is 0 Å². The number of ether oxygens (including phenoxy) is 1. The number of hydrogen-bond acceptors (Lipinski definition) is 6. The third-order valence-corrected chi connectivity index (χ3v) is 5.80. The summed E-state index contributed by atoms with van der Waals surface area (Å²) in [5.41, 5.74) is 6.12. The fourth-order valence-corrected chi connectivity index (χ4v) is 3.90. The van der Waals surface area contributed by atoms with Crippen molar-refractivity contribution in [2.75, 3.05) is 12.9 Å². The van der Waals surface area contributed by atoms with E-state index in [1.807, 2.05) is 96.4 Å². The van der Waals surface area contributed by atoms with E-state index in [-0.39, 0.29) is 11.7 Å². The lowest BCUT2D eigenvalue weighted by Crippen LogP contribution is -2.21. The van der Waals surface area contributed by atoms with Crippen molar-refractivity contribution in [3.63, 3.8) is 0 Å². The molecular formula is C25H23N5O2S. The predicted molar refractivity (Wildman–Crippen MR) is 131 cm³/mol. The number of benzene rings is 3. The van der Waals surface area contributed by atoms with Crippen molar-refractivity contribution in [2.24, 2.45) is 5.10 Å². The van der Waals surface area contributed by atoms with Crippen molar-refractivity contribution in [3.8, 4) is 22.8 Å². The first-order valence-electron chi connectivity index (χ1n) is 10.3. The Morgan fingerprint density at radius 1 is 0.970 bits per heavy atom. The molecule has 1 aromatic heterocycles. The molecule has 1 heterocycles. The van der Waals surface area contributed by atoms with Gasteiger partial charge < -0.3 is 4.74 Å². The highest BCUT2D eigenvalue weighted by molar-refractivity contribution is 7.99. The number of methoxy groups -OCH3 is 1. The van der Waals surface area contributed by atoms with Gasteiger partial charge in [-0.3, -0.25) is 9.36 Å². The second-order valence-electron chi connectivity index (χ2n) is 7.09. The van der Waals surface area contributed by atoms with Gasteiger partial charge in [0, 0.05) is 11.3 Å². The minimum Gasteiger partial charge on any atom is -0.497 e. The van der Waals surface area contributed by atoms with Crippen molar-refractivity contribution in [1.82, 2.24) is 20.2 Å². The maximum atomic E-state index is 12.4. The Balaban J connectivity index is 1.53. The number of rotatable bonds is 8. The number of carbonyl (C=O) groups is 1. The van der Waals surface area contributed by atoms with Crippen LogP contribution in [0.15, 0.2) is 95.2 Å².